The molecule has 0 fully saturated rings. The van der Waals surface area contributed by atoms with Crippen LogP contribution in [-0.2, 0) is 28.9 Å². The van der Waals surface area contributed by atoms with E-state index in [4.69, 9.17) is 10.5 Å². The van der Waals surface area contributed by atoms with Crippen molar-refractivity contribution in [2.24, 2.45) is 5.73 Å². The van der Waals surface area contributed by atoms with Crippen LogP contribution in [0.1, 0.15) is 51.3 Å². The number of primary amides is 1. The summed E-state index contributed by atoms with van der Waals surface area (Å²) in [4.78, 5) is 24.2. The molecule has 9 heteroatoms. The van der Waals surface area contributed by atoms with Gasteiger partial charge >= 0.3 is 0 Å². The standard InChI is InChI=1S/C26H29N3O5S/c1-18(2)29-35(32,33)17-20-12-10-19(11-13-20)15-28-26(31)22-7-5-6-21(14-22)16-34-24-9-4-3-8-23(24)25(27)30/h3-14,18,29H,15-17H2,1-2H3,(H2,27,30)(H,28,31). The molecule has 184 valence electrons. The summed E-state index contributed by atoms with van der Waals surface area (Å²) in [5, 5.41) is 2.86. The highest BCUT2D eigenvalue weighted by Gasteiger charge is 2.13. The number of nitrogens with two attached hydrogens (primary N) is 1. The van der Waals surface area contributed by atoms with Gasteiger partial charge in [-0.25, -0.2) is 13.1 Å². The minimum Gasteiger partial charge on any atom is -0.488 e. The molecule has 0 aliphatic carbocycles. The molecule has 3 aromatic carbocycles. The molecule has 2 amide bonds. The van der Waals surface area contributed by atoms with E-state index in [0.29, 0.717) is 29.0 Å². The molecule has 4 N–H and O–H groups in total. The monoisotopic (exact) mass is 495 g/mol. The topological polar surface area (TPSA) is 128 Å². The van der Waals surface area contributed by atoms with E-state index in [1.165, 1.54) is 0 Å². The Bertz CT molecular complexity index is 1290. The predicted octanol–water partition coefficient (Wildman–Crippen LogP) is 3.12. The Morgan fingerprint density at radius 2 is 1.60 bits per heavy atom. The van der Waals surface area contributed by atoms with Crippen LogP contribution in [0.5, 0.6) is 5.75 Å². The Hall–Kier alpha value is -3.69. The minimum absolute atomic E-state index is 0.101. The first-order valence-corrected chi connectivity index (χ1v) is 12.7. The summed E-state index contributed by atoms with van der Waals surface area (Å²) in [6.07, 6.45) is 0. The van der Waals surface area contributed by atoms with Gasteiger partial charge in [0.1, 0.15) is 12.4 Å². The number of sulfonamides is 1. The van der Waals surface area contributed by atoms with Crippen molar-refractivity contribution < 1.29 is 22.7 Å². The molecule has 3 aromatic rings. The first-order chi connectivity index (χ1) is 16.6. The maximum absolute atomic E-state index is 12.6. The summed E-state index contributed by atoms with van der Waals surface area (Å²) in [5.41, 5.74) is 8.41. The fraction of sp³-hybridized carbons (Fsp3) is 0.231. The summed E-state index contributed by atoms with van der Waals surface area (Å²) >= 11 is 0. The summed E-state index contributed by atoms with van der Waals surface area (Å²) in [7, 11) is -3.39. The lowest BCUT2D eigenvalue weighted by Crippen LogP contribution is -2.31. The van der Waals surface area contributed by atoms with Gasteiger partial charge < -0.3 is 15.8 Å². The molecule has 0 unspecified atom stereocenters. The molecule has 8 nitrogen and oxygen atoms in total. The van der Waals surface area contributed by atoms with E-state index < -0.39 is 15.9 Å². The zero-order chi connectivity index (χ0) is 25.4. The molecule has 3 rings (SSSR count). The molecule has 0 saturated heterocycles. The van der Waals surface area contributed by atoms with Crippen LogP contribution >= 0.6 is 0 Å². The molecule has 0 saturated carbocycles. The summed E-state index contributed by atoms with van der Waals surface area (Å²) in [6, 6.07) is 20.6. The highest BCUT2D eigenvalue weighted by atomic mass is 32.2. The van der Waals surface area contributed by atoms with Gasteiger partial charge in [0.2, 0.25) is 10.0 Å². The number of rotatable bonds is 11. The van der Waals surface area contributed by atoms with Crippen LogP contribution in [0.4, 0.5) is 0 Å². The van der Waals surface area contributed by atoms with Crippen molar-refractivity contribution in [2.75, 3.05) is 0 Å². The van der Waals surface area contributed by atoms with Gasteiger partial charge in [0.25, 0.3) is 11.8 Å². The average molecular weight is 496 g/mol. The molecule has 0 bridgehead atoms. The van der Waals surface area contributed by atoms with Crippen LogP contribution in [0.25, 0.3) is 0 Å². The van der Waals surface area contributed by atoms with Gasteiger partial charge in [-0.3, -0.25) is 9.59 Å². The van der Waals surface area contributed by atoms with E-state index in [9.17, 15) is 18.0 Å². The van der Waals surface area contributed by atoms with E-state index in [2.05, 4.69) is 10.0 Å². The number of para-hydroxylation sites is 1. The van der Waals surface area contributed by atoms with Crippen LogP contribution < -0.4 is 20.5 Å². The van der Waals surface area contributed by atoms with Crippen LogP contribution in [0.3, 0.4) is 0 Å². The summed E-state index contributed by atoms with van der Waals surface area (Å²) in [5.74, 6) is -0.546. The third-order valence-corrected chi connectivity index (χ3v) is 6.53. The Morgan fingerprint density at radius 1 is 0.914 bits per heavy atom. The van der Waals surface area contributed by atoms with Crippen molar-refractivity contribution in [2.45, 2.75) is 38.8 Å². The second-order valence-electron chi connectivity index (χ2n) is 8.38. The minimum atomic E-state index is -3.39. The molecular formula is C26H29N3O5S. The number of amides is 2. The lowest BCUT2D eigenvalue weighted by atomic mass is 10.1. The molecule has 35 heavy (non-hydrogen) atoms. The Balaban J connectivity index is 1.56. The maximum atomic E-state index is 12.6. The second kappa shape index (κ2) is 11.6. The fourth-order valence-electron chi connectivity index (χ4n) is 3.42. The zero-order valence-corrected chi connectivity index (χ0v) is 20.5. The second-order valence-corrected chi connectivity index (χ2v) is 10.1. The van der Waals surface area contributed by atoms with Gasteiger partial charge in [-0.05, 0) is 54.8 Å². The molecular weight excluding hydrogens is 466 g/mol. The first-order valence-electron chi connectivity index (χ1n) is 11.1. The van der Waals surface area contributed by atoms with Crippen molar-refractivity contribution in [1.82, 2.24) is 10.0 Å². The van der Waals surface area contributed by atoms with Crippen LogP contribution in [-0.4, -0.2) is 26.3 Å². The molecule has 0 aliphatic heterocycles. The molecule has 0 heterocycles. The number of hydrogen-bond donors (Lipinski definition) is 3. The number of nitrogens with one attached hydrogen (secondary N) is 2. The van der Waals surface area contributed by atoms with E-state index in [1.807, 2.05) is 6.07 Å². The van der Waals surface area contributed by atoms with E-state index in [-0.39, 0.29) is 24.3 Å². The Kier molecular flexibility index (Phi) is 8.62. The molecule has 0 spiro atoms. The van der Waals surface area contributed by atoms with E-state index in [1.54, 1.807) is 80.6 Å². The van der Waals surface area contributed by atoms with Crippen molar-refractivity contribution >= 4 is 21.8 Å². The molecule has 0 radical (unpaired) electrons. The van der Waals surface area contributed by atoms with E-state index >= 15 is 0 Å². The maximum Gasteiger partial charge on any atom is 0.252 e. The third-order valence-electron chi connectivity index (χ3n) is 4.98. The number of carbonyl (C=O) groups excluding carboxylic acids is 2. The number of carbonyl (C=O) groups is 2. The Labute approximate surface area is 205 Å². The summed E-state index contributed by atoms with van der Waals surface area (Å²) in [6.45, 7) is 4.01. The molecule has 0 aromatic heterocycles. The largest absolute Gasteiger partial charge is 0.488 e. The highest BCUT2D eigenvalue weighted by Crippen LogP contribution is 2.19. The molecule has 0 aliphatic rings. The zero-order valence-electron chi connectivity index (χ0n) is 19.7. The van der Waals surface area contributed by atoms with Gasteiger partial charge in [0.15, 0.2) is 0 Å². The predicted molar refractivity (Wildman–Crippen MR) is 134 cm³/mol. The third kappa shape index (κ3) is 7.94. The van der Waals surface area contributed by atoms with Crippen molar-refractivity contribution in [3.63, 3.8) is 0 Å². The van der Waals surface area contributed by atoms with Gasteiger partial charge in [0.05, 0.1) is 11.3 Å². The SMILES string of the molecule is CC(C)NS(=O)(=O)Cc1ccc(CNC(=O)c2cccc(COc3ccccc3C(N)=O)c2)cc1. The number of hydrogen-bond acceptors (Lipinski definition) is 5. The van der Waals surface area contributed by atoms with Gasteiger partial charge in [-0.2, -0.15) is 0 Å². The fourth-order valence-corrected chi connectivity index (χ4v) is 4.85. The van der Waals surface area contributed by atoms with Gasteiger partial charge in [-0.15, -0.1) is 0 Å². The van der Waals surface area contributed by atoms with Gasteiger partial charge in [0, 0.05) is 18.2 Å². The van der Waals surface area contributed by atoms with E-state index in [0.717, 1.165) is 11.1 Å². The van der Waals surface area contributed by atoms with Crippen molar-refractivity contribution in [3.05, 3.63) is 101 Å². The highest BCUT2D eigenvalue weighted by molar-refractivity contribution is 7.88. The van der Waals surface area contributed by atoms with Crippen molar-refractivity contribution in [3.8, 4) is 5.75 Å². The Morgan fingerprint density at radius 3 is 2.29 bits per heavy atom. The van der Waals surface area contributed by atoms with Crippen LogP contribution in [0.2, 0.25) is 0 Å². The quantitative estimate of drug-likeness (QED) is 0.377. The smallest absolute Gasteiger partial charge is 0.252 e. The lowest BCUT2D eigenvalue weighted by molar-refractivity contribution is 0.0949. The van der Waals surface area contributed by atoms with Gasteiger partial charge in [-0.1, -0.05) is 48.5 Å². The lowest BCUT2D eigenvalue weighted by Gasteiger charge is -2.11. The van der Waals surface area contributed by atoms with Crippen LogP contribution in [0, 0.1) is 0 Å². The van der Waals surface area contributed by atoms with Crippen LogP contribution in [0.15, 0.2) is 72.8 Å². The van der Waals surface area contributed by atoms with Crippen molar-refractivity contribution in [1.29, 1.82) is 0 Å². The molecule has 0 atom stereocenters. The first kappa shape index (κ1) is 25.9. The number of ether oxygens (including phenoxy) is 1. The normalized spacial score (nSPS) is 11.3. The summed E-state index contributed by atoms with van der Waals surface area (Å²) < 4.78 is 32.4. The number of benzene rings is 3. The average Bonchev–Trinajstić information content (AvgIpc) is 2.81.